The van der Waals surface area contributed by atoms with E-state index in [0.29, 0.717) is 24.9 Å². The predicted octanol–water partition coefficient (Wildman–Crippen LogP) is -1.10. The Labute approximate surface area is 101 Å². The lowest BCUT2D eigenvalue weighted by Gasteiger charge is -2.07. The van der Waals surface area contributed by atoms with Gasteiger partial charge in [0.2, 0.25) is 5.95 Å². The third kappa shape index (κ3) is 2.23. The van der Waals surface area contributed by atoms with E-state index < -0.39 is 11.5 Å². The first-order valence-electron chi connectivity index (χ1n) is 5.42. The Morgan fingerprint density at radius 1 is 1.61 bits per heavy atom. The van der Waals surface area contributed by atoms with E-state index in [1.54, 1.807) is 4.57 Å². The second-order valence-electron chi connectivity index (χ2n) is 3.93. The number of aldehydes is 1. The molecule has 18 heavy (non-hydrogen) atoms. The Balaban J connectivity index is 2.29. The minimum Gasteiger partial charge on any atom is -0.396 e. The van der Waals surface area contributed by atoms with E-state index in [0.717, 1.165) is 0 Å². The van der Waals surface area contributed by atoms with Crippen molar-refractivity contribution in [2.75, 3.05) is 12.3 Å². The highest BCUT2D eigenvalue weighted by Crippen LogP contribution is 2.09. The van der Waals surface area contributed by atoms with Crippen LogP contribution in [0.1, 0.15) is 6.42 Å². The molecule has 0 radical (unpaired) electrons. The number of imidazole rings is 1. The molecule has 0 fully saturated rings. The number of nitrogens with zero attached hydrogens (tertiary/aromatic N) is 3. The van der Waals surface area contributed by atoms with Gasteiger partial charge in [-0.05, 0) is 6.42 Å². The zero-order valence-corrected chi connectivity index (χ0v) is 9.54. The molecular weight excluding hydrogens is 238 g/mol. The first-order valence-corrected chi connectivity index (χ1v) is 5.42. The molecule has 0 aromatic carbocycles. The van der Waals surface area contributed by atoms with Crippen LogP contribution in [-0.4, -0.2) is 37.5 Å². The molecule has 2 rings (SSSR count). The smallest absolute Gasteiger partial charge is 0.280 e. The topological polar surface area (TPSA) is 127 Å². The Morgan fingerprint density at radius 3 is 3.06 bits per heavy atom. The number of aryl methyl sites for hydroxylation is 1. The fraction of sp³-hybridized carbons (Fsp3) is 0.400. The van der Waals surface area contributed by atoms with Crippen molar-refractivity contribution in [2.24, 2.45) is 5.92 Å². The summed E-state index contributed by atoms with van der Waals surface area (Å²) in [4.78, 5) is 32.4. The minimum atomic E-state index is -0.429. The molecule has 4 N–H and O–H groups in total. The highest BCUT2D eigenvalue weighted by Gasteiger charge is 2.11. The molecule has 0 aliphatic rings. The molecule has 96 valence electrons. The summed E-state index contributed by atoms with van der Waals surface area (Å²) in [5.74, 6) is -0.412. The number of anilines is 1. The van der Waals surface area contributed by atoms with Crippen LogP contribution in [0, 0.1) is 5.92 Å². The van der Waals surface area contributed by atoms with E-state index in [1.807, 2.05) is 0 Å². The Kier molecular flexibility index (Phi) is 3.38. The first-order chi connectivity index (χ1) is 8.65. The number of aliphatic hydroxyl groups is 1. The van der Waals surface area contributed by atoms with Crippen molar-refractivity contribution >= 4 is 23.4 Å². The van der Waals surface area contributed by atoms with E-state index in [1.165, 1.54) is 6.33 Å². The van der Waals surface area contributed by atoms with Crippen molar-refractivity contribution in [1.29, 1.82) is 0 Å². The highest BCUT2D eigenvalue weighted by molar-refractivity contribution is 5.70. The number of aromatic nitrogens is 4. The monoisotopic (exact) mass is 251 g/mol. The maximum atomic E-state index is 11.5. The molecule has 2 heterocycles. The van der Waals surface area contributed by atoms with Crippen molar-refractivity contribution in [1.82, 2.24) is 19.5 Å². The predicted molar refractivity (Wildman–Crippen MR) is 63.8 cm³/mol. The van der Waals surface area contributed by atoms with E-state index in [4.69, 9.17) is 10.8 Å². The molecule has 8 heteroatoms. The van der Waals surface area contributed by atoms with Gasteiger partial charge in [0, 0.05) is 12.5 Å². The van der Waals surface area contributed by atoms with E-state index in [-0.39, 0.29) is 18.1 Å². The number of aromatic amines is 1. The number of aliphatic hydroxyl groups excluding tert-OH is 1. The van der Waals surface area contributed by atoms with Crippen molar-refractivity contribution in [3.05, 3.63) is 16.7 Å². The van der Waals surface area contributed by atoms with Crippen molar-refractivity contribution in [3.8, 4) is 0 Å². The molecule has 0 aliphatic carbocycles. The van der Waals surface area contributed by atoms with Crippen LogP contribution in [0.15, 0.2) is 11.1 Å². The maximum Gasteiger partial charge on any atom is 0.280 e. The number of H-pyrrole nitrogens is 1. The van der Waals surface area contributed by atoms with Crippen molar-refractivity contribution < 1.29 is 9.90 Å². The molecule has 2 aromatic rings. The van der Waals surface area contributed by atoms with E-state index in [9.17, 15) is 9.59 Å². The Morgan fingerprint density at radius 2 is 2.39 bits per heavy atom. The highest BCUT2D eigenvalue weighted by atomic mass is 16.3. The third-order valence-electron chi connectivity index (χ3n) is 2.66. The summed E-state index contributed by atoms with van der Waals surface area (Å²) in [6, 6.07) is 0. The zero-order valence-electron chi connectivity index (χ0n) is 9.54. The summed E-state index contributed by atoms with van der Waals surface area (Å²) in [6.45, 7) is 0.225. The maximum absolute atomic E-state index is 11.5. The van der Waals surface area contributed by atoms with E-state index >= 15 is 0 Å². The van der Waals surface area contributed by atoms with Crippen LogP contribution in [-0.2, 0) is 11.3 Å². The van der Waals surface area contributed by atoms with Crippen molar-refractivity contribution in [3.63, 3.8) is 0 Å². The number of carbonyl (C=O) groups excluding carboxylic acids is 1. The van der Waals surface area contributed by atoms with Gasteiger partial charge in [-0.15, -0.1) is 0 Å². The van der Waals surface area contributed by atoms with Gasteiger partial charge in [0.1, 0.15) is 6.29 Å². The van der Waals surface area contributed by atoms with Gasteiger partial charge in [-0.25, -0.2) is 4.98 Å². The number of carbonyl (C=O) groups is 1. The lowest BCUT2D eigenvalue weighted by atomic mass is 10.1. The molecule has 0 bridgehead atoms. The Bertz CT molecular complexity index is 617. The fourth-order valence-electron chi connectivity index (χ4n) is 1.64. The number of fused-ring (bicyclic) bond motifs is 1. The summed E-state index contributed by atoms with van der Waals surface area (Å²) in [6.07, 6.45) is 2.61. The summed E-state index contributed by atoms with van der Waals surface area (Å²) in [5, 5.41) is 8.91. The second kappa shape index (κ2) is 4.96. The largest absolute Gasteiger partial charge is 0.396 e. The van der Waals surface area contributed by atoms with Crippen molar-refractivity contribution in [2.45, 2.75) is 13.0 Å². The first kappa shape index (κ1) is 12.2. The third-order valence-corrected chi connectivity index (χ3v) is 2.66. The zero-order chi connectivity index (χ0) is 13.1. The van der Waals surface area contributed by atoms with Crippen LogP contribution >= 0.6 is 0 Å². The van der Waals surface area contributed by atoms with Gasteiger partial charge in [-0.2, -0.15) is 4.98 Å². The number of nitrogens with one attached hydrogen (secondary N) is 1. The molecule has 0 saturated carbocycles. The van der Waals surface area contributed by atoms with Crippen LogP contribution in [0.2, 0.25) is 0 Å². The summed E-state index contributed by atoms with van der Waals surface area (Å²) >= 11 is 0. The fourth-order valence-corrected chi connectivity index (χ4v) is 1.64. The SMILES string of the molecule is Nc1nc2c(ncn2CCC(C=O)CO)c(=O)[nH]1. The molecule has 0 spiro atoms. The molecule has 1 atom stereocenters. The number of hydrogen-bond donors (Lipinski definition) is 3. The molecule has 0 aliphatic heterocycles. The Hall–Kier alpha value is -2.22. The number of nitrogen functional groups attached to an aromatic ring is 1. The van der Waals surface area contributed by atoms with Gasteiger partial charge in [0.25, 0.3) is 5.56 Å². The van der Waals surface area contributed by atoms with Gasteiger partial charge >= 0.3 is 0 Å². The standard InChI is InChI=1S/C10H13N5O3/c11-10-13-8-7(9(18)14-10)12-5-15(8)2-1-6(3-16)4-17/h3,5-6,17H,1-2,4H2,(H3,11,13,14,18). The number of nitrogens with two attached hydrogens (primary N) is 1. The molecule has 0 amide bonds. The van der Waals surface area contributed by atoms with Gasteiger partial charge in [-0.3, -0.25) is 9.78 Å². The number of hydrogen-bond acceptors (Lipinski definition) is 6. The number of rotatable bonds is 5. The van der Waals surface area contributed by atoms with Crippen LogP contribution in [0.5, 0.6) is 0 Å². The molecule has 0 saturated heterocycles. The summed E-state index contributed by atoms with van der Waals surface area (Å²) in [7, 11) is 0. The minimum absolute atomic E-state index is 0.0170. The second-order valence-corrected chi connectivity index (χ2v) is 3.93. The summed E-state index contributed by atoms with van der Waals surface area (Å²) < 4.78 is 1.63. The van der Waals surface area contributed by atoms with Gasteiger partial charge < -0.3 is 20.2 Å². The molecule has 1 unspecified atom stereocenters. The lowest BCUT2D eigenvalue weighted by molar-refractivity contribution is -0.112. The molecule has 8 nitrogen and oxygen atoms in total. The lowest BCUT2D eigenvalue weighted by Crippen LogP contribution is -2.14. The molecule has 2 aromatic heterocycles. The van der Waals surface area contributed by atoms with Crippen LogP contribution in [0.3, 0.4) is 0 Å². The normalized spacial score (nSPS) is 12.7. The van der Waals surface area contributed by atoms with Crippen LogP contribution < -0.4 is 11.3 Å². The quantitative estimate of drug-likeness (QED) is 0.579. The van der Waals surface area contributed by atoms with Gasteiger partial charge in [-0.1, -0.05) is 0 Å². The van der Waals surface area contributed by atoms with Gasteiger partial charge in [0.05, 0.1) is 12.9 Å². The van der Waals surface area contributed by atoms with Crippen LogP contribution in [0.25, 0.3) is 11.2 Å². The molecular formula is C10H13N5O3. The average molecular weight is 251 g/mol. The average Bonchev–Trinajstić information content (AvgIpc) is 2.74. The van der Waals surface area contributed by atoms with E-state index in [2.05, 4.69) is 15.0 Å². The summed E-state index contributed by atoms with van der Waals surface area (Å²) in [5.41, 5.74) is 5.64. The van der Waals surface area contributed by atoms with Gasteiger partial charge in [0.15, 0.2) is 11.2 Å². The van der Waals surface area contributed by atoms with Crippen LogP contribution in [0.4, 0.5) is 5.95 Å².